The summed E-state index contributed by atoms with van der Waals surface area (Å²) in [4.78, 5) is 0. The maximum Gasteiger partial charge on any atom is 0.0837 e. The molecule has 2 aliphatic heterocycles. The van der Waals surface area contributed by atoms with Crippen LogP contribution < -0.4 is 0 Å². The Morgan fingerprint density at radius 3 is 1.60 bits per heavy atom. The van der Waals surface area contributed by atoms with Gasteiger partial charge < -0.3 is 9.47 Å². The van der Waals surface area contributed by atoms with Gasteiger partial charge in [0, 0.05) is 13.2 Å². The van der Waals surface area contributed by atoms with E-state index in [-0.39, 0.29) is 0 Å². The Morgan fingerprint density at radius 1 is 0.800 bits per heavy atom. The highest BCUT2D eigenvalue weighted by Gasteiger charge is 2.28. The molecule has 2 rings (SSSR count). The Balaban J connectivity index is 1.85. The fourth-order valence-corrected chi connectivity index (χ4v) is 1.79. The lowest BCUT2D eigenvalue weighted by molar-refractivity contribution is -0.0173. The number of hydrogen-bond donors (Lipinski definition) is 0. The Hall–Kier alpha value is -0.0800. The minimum Gasteiger partial charge on any atom is -0.376 e. The Labute approximate surface area is 61.5 Å². The summed E-state index contributed by atoms with van der Waals surface area (Å²) in [7, 11) is 0. The summed E-state index contributed by atoms with van der Waals surface area (Å²) in [6.07, 6.45) is 5.75. The monoisotopic (exact) mass is 142 g/mol. The average molecular weight is 142 g/mol. The summed E-state index contributed by atoms with van der Waals surface area (Å²) in [5, 5.41) is 0. The van der Waals surface area contributed by atoms with E-state index in [1.165, 1.54) is 25.7 Å². The van der Waals surface area contributed by atoms with Gasteiger partial charge >= 0.3 is 0 Å². The van der Waals surface area contributed by atoms with E-state index in [2.05, 4.69) is 0 Å². The van der Waals surface area contributed by atoms with Crippen molar-refractivity contribution in [3.8, 4) is 0 Å². The SMILES string of the molecule is C1COC([C@@H]2CCCO2)C1. The van der Waals surface area contributed by atoms with E-state index >= 15 is 0 Å². The molecule has 58 valence electrons. The fourth-order valence-electron chi connectivity index (χ4n) is 1.79. The molecule has 0 saturated carbocycles. The molecule has 2 nitrogen and oxygen atoms in total. The lowest BCUT2D eigenvalue weighted by atomic mass is 10.1. The van der Waals surface area contributed by atoms with Gasteiger partial charge in [-0.15, -0.1) is 0 Å². The van der Waals surface area contributed by atoms with Gasteiger partial charge in [-0.3, -0.25) is 0 Å². The van der Waals surface area contributed by atoms with Crippen molar-refractivity contribution in [3.05, 3.63) is 0 Å². The van der Waals surface area contributed by atoms with Crippen LogP contribution in [0.3, 0.4) is 0 Å². The normalized spacial score (nSPS) is 40.8. The van der Waals surface area contributed by atoms with E-state index in [1.54, 1.807) is 0 Å². The van der Waals surface area contributed by atoms with E-state index in [0.29, 0.717) is 12.2 Å². The molecular formula is C8H14O2. The van der Waals surface area contributed by atoms with Crippen LogP contribution in [0.25, 0.3) is 0 Å². The highest BCUT2D eigenvalue weighted by atomic mass is 16.5. The van der Waals surface area contributed by atoms with Crippen LogP contribution in [0.4, 0.5) is 0 Å². The van der Waals surface area contributed by atoms with Crippen LogP contribution in [0.15, 0.2) is 0 Å². The summed E-state index contributed by atoms with van der Waals surface area (Å²) < 4.78 is 11.0. The predicted octanol–water partition coefficient (Wildman–Crippen LogP) is 1.34. The molecule has 0 aliphatic carbocycles. The van der Waals surface area contributed by atoms with Gasteiger partial charge in [0.25, 0.3) is 0 Å². The summed E-state index contributed by atoms with van der Waals surface area (Å²) in [5.41, 5.74) is 0. The molecule has 0 aromatic heterocycles. The first kappa shape index (κ1) is 6.62. The van der Waals surface area contributed by atoms with Crippen molar-refractivity contribution >= 4 is 0 Å². The zero-order valence-corrected chi connectivity index (χ0v) is 6.21. The minimum absolute atomic E-state index is 0.433. The molecule has 0 radical (unpaired) electrons. The lowest BCUT2D eigenvalue weighted by Crippen LogP contribution is -2.23. The molecule has 2 saturated heterocycles. The first-order chi connectivity index (χ1) is 4.97. The molecule has 0 bridgehead atoms. The molecule has 2 atom stereocenters. The van der Waals surface area contributed by atoms with Gasteiger partial charge in [-0.25, -0.2) is 0 Å². The van der Waals surface area contributed by atoms with Crippen LogP contribution in [0.5, 0.6) is 0 Å². The third-order valence-corrected chi connectivity index (χ3v) is 2.34. The zero-order valence-electron chi connectivity index (χ0n) is 6.21. The molecular weight excluding hydrogens is 128 g/mol. The molecule has 2 heteroatoms. The Kier molecular flexibility index (Phi) is 1.91. The second kappa shape index (κ2) is 2.89. The van der Waals surface area contributed by atoms with Crippen molar-refractivity contribution in [2.45, 2.75) is 37.9 Å². The third kappa shape index (κ3) is 1.18. The highest BCUT2D eigenvalue weighted by Crippen LogP contribution is 2.24. The molecule has 10 heavy (non-hydrogen) atoms. The molecule has 2 aliphatic rings. The molecule has 2 fully saturated rings. The first-order valence-electron chi connectivity index (χ1n) is 4.20. The van der Waals surface area contributed by atoms with Crippen molar-refractivity contribution < 1.29 is 9.47 Å². The maximum absolute atomic E-state index is 5.51. The lowest BCUT2D eigenvalue weighted by Gasteiger charge is -2.15. The first-order valence-corrected chi connectivity index (χ1v) is 4.20. The summed E-state index contributed by atoms with van der Waals surface area (Å²) in [5.74, 6) is 0. The summed E-state index contributed by atoms with van der Waals surface area (Å²) in [6, 6.07) is 0. The fraction of sp³-hybridized carbons (Fsp3) is 1.00. The highest BCUT2D eigenvalue weighted by molar-refractivity contribution is 4.78. The number of ether oxygens (including phenoxy) is 2. The van der Waals surface area contributed by atoms with Gasteiger partial charge in [0.15, 0.2) is 0 Å². The quantitative estimate of drug-likeness (QED) is 0.550. The third-order valence-electron chi connectivity index (χ3n) is 2.34. The van der Waals surface area contributed by atoms with Crippen molar-refractivity contribution in [1.82, 2.24) is 0 Å². The average Bonchev–Trinajstić information content (AvgIpc) is 2.59. The van der Waals surface area contributed by atoms with E-state index in [9.17, 15) is 0 Å². The Bertz CT molecular complexity index is 87.8. The van der Waals surface area contributed by atoms with Crippen LogP contribution in [0.1, 0.15) is 25.7 Å². The van der Waals surface area contributed by atoms with Crippen molar-refractivity contribution in [3.63, 3.8) is 0 Å². The van der Waals surface area contributed by atoms with Gasteiger partial charge in [0.1, 0.15) is 0 Å². The molecule has 0 amide bonds. The van der Waals surface area contributed by atoms with E-state index in [1.807, 2.05) is 0 Å². The van der Waals surface area contributed by atoms with E-state index in [0.717, 1.165) is 13.2 Å². The second-order valence-corrected chi connectivity index (χ2v) is 3.10. The smallest absolute Gasteiger partial charge is 0.0837 e. The van der Waals surface area contributed by atoms with Gasteiger partial charge in [-0.2, -0.15) is 0 Å². The maximum atomic E-state index is 5.51. The summed E-state index contributed by atoms with van der Waals surface area (Å²) in [6.45, 7) is 1.90. The van der Waals surface area contributed by atoms with Crippen LogP contribution in [0, 0.1) is 0 Å². The largest absolute Gasteiger partial charge is 0.376 e. The molecule has 0 aromatic rings. The van der Waals surface area contributed by atoms with Crippen molar-refractivity contribution in [2.75, 3.05) is 13.2 Å². The number of hydrogen-bond acceptors (Lipinski definition) is 2. The van der Waals surface area contributed by atoms with Gasteiger partial charge in [-0.05, 0) is 25.7 Å². The molecule has 2 heterocycles. The van der Waals surface area contributed by atoms with Crippen LogP contribution in [-0.2, 0) is 9.47 Å². The van der Waals surface area contributed by atoms with Gasteiger partial charge in [0.05, 0.1) is 12.2 Å². The molecule has 1 unspecified atom stereocenters. The standard InChI is InChI=1S/C8H14O2/c1-3-7(9-5-1)8-4-2-6-10-8/h7-8H,1-6H2/t7-,8?/m0/s1. The topological polar surface area (TPSA) is 18.5 Å². The molecule has 0 spiro atoms. The van der Waals surface area contributed by atoms with Crippen molar-refractivity contribution in [2.24, 2.45) is 0 Å². The van der Waals surface area contributed by atoms with Crippen LogP contribution >= 0.6 is 0 Å². The molecule has 0 N–H and O–H groups in total. The second-order valence-electron chi connectivity index (χ2n) is 3.10. The Morgan fingerprint density at radius 2 is 1.30 bits per heavy atom. The summed E-state index contributed by atoms with van der Waals surface area (Å²) >= 11 is 0. The minimum atomic E-state index is 0.433. The number of rotatable bonds is 1. The molecule has 0 aromatic carbocycles. The van der Waals surface area contributed by atoms with Crippen molar-refractivity contribution in [1.29, 1.82) is 0 Å². The van der Waals surface area contributed by atoms with E-state index in [4.69, 9.17) is 9.47 Å². The zero-order chi connectivity index (χ0) is 6.81. The van der Waals surface area contributed by atoms with Crippen LogP contribution in [-0.4, -0.2) is 25.4 Å². The van der Waals surface area contributed by atoms with Crippen LogP contribution in [0.2, 0.25) is 0 Å². The predicted molar refractivity (Wildman–Crippen MR) is 37.9 cm³/mol. The van der Waals surface area contributed by atoms with E-state index < -0.39 is 0 Å². The van der Waals surface area contributed by atoms with Gasteiger partial charge in [-0.1, -0.05) is 0 Å². The van der Waals surface area contributed by atoms with Gasteiger partial charge in [0.2, 0.25) is 0 Å².